The van der Waals surface area contributed by atoms with Crippen LogP contribution in [0.4, 0.5) is 11.4 Å². The van der Waals surface area contributed by atoms with Crippen molar-refractivity contribution in [3.8, 4) is 22.7 Å². The molecule has 2 heterocycles. The van der Waals surface area contributed by atoms with Crippen LogP contribution in [0.2, 0.25) is 0 Å². The molecule has 154 valence electrons. The first-order valence-electron chi connectivity index (χ1n) is 10.1. The van der Waals surface area contributed by atoms with Crippen LogP contribution in [0.5, 0.6) is 5.75 Å². The summed E-state index contributed by atoms with van der Waals surface area (Å²) in [5.41, 5.74) is 7.17. The Kier molecular flexibility index (Phi) is 4.67. The molecule has 0 amide bonds. The number of hydrogen-bond acceptors (Lipinski definition) is 4. The Balaban J connectivity index is 1.50. The molecule has 31 heavy (non-hydrogen) atoms. The number of methoxy groups -OCH3 is 1. The van der Waals surface area contributed by atoms with E-state index in [4.69, 9.17) is 9.84 Å². The molecule has 0 saturated heterocycles. The van der Waals surface area contributed by atoms with Crippen molar-refractivity contribution in [3.05, 3.63) is 84.7 Å². The summed E-state index contributed by atoms with van der Waals surface area (Å²) in [6, 6.07) is 24.5. The van der Waals surface area contributed by atoms with Crippen LogP contribution in [0.15, 0.2) is 79.0 Å². The van der Waals surface area contributed by atoms with E-state index in [9.17, 15) is 0 Å². The van der Waals surface area contributed by atoms with Crippen molar-refractivity contribution in [2.75, 3.05) is 12.4 Å². The van der Waals surface area contributed by atoms with Crippen molar-refractivity contribution in [3.63, 3.8) is 0 Å². The van der Waals surface area contributed by atoms with Crippen LogP contribution in [0, 0.1) is 6.92 Å². The number of ether oxygens (including phenoxy) is 1. The maximum Gasteiger partial charge on any atom is 0.121 e. The highest BCUT2D eigenvalue weighted by Gasteiger charge is 2.13. The van der Waals surface area contributed by atoms with Crippen molar-refractivity contribution in [1.82, 2.24) is 19.6 Å². The van der Waals surface area contributed by atoms with Gasteiger partial charge in [-0.15, -0.1) is 0 Å². The lowest BCUT2D eigenvalue weighted by atomic mass is 10.1. The zero-order valence-electron chi connectivity index (χ0n) is 17.7. The molecular weight excluding hydrogens is 386 g/mol. The van der Waals surface area contributed by atoms with Crippen molar-refractivity contribution in [2.45, 2.75) is 6.92 Å². The number of aromatic nitrogens is 4. The van der Waals surface area contributed by atoms with Crippen molar-refractivity contribution < 1.29 is 4.74 Å². The fourth-order valence-corrected chi connectivity index (χ4v) is 3.86. The second-order valence-electron chi connectivity index (χ2n) is 7.44. The summed E-state index contributed by atoms with van der Waals surface area (Å²) in [4.78, 5) is 0. The topological polar surface area (TPSA) is 56.9 Å². The standard InChI is InChI=1S/C25H23N5O/c1-17-22-8-5-9-23(25(22)28-30(17)20-6-4-7-21(16-20)31-3)27-19-12-10-18(11-13-19)24-14-15-26-29(24)2/h4-16,27H,1-3H3. The van der Waals surface area contributed by atoms with E-state index in [1.807, 2.05) is 52.9 Å². The molecule has 0 aliphatic rings. The molecule has 0 atom stereocenters. The molecule has 1 N–H and O–H groups in total. The third kappa shape index (κ3) is 3.42. The Labute approximate surface area is 180 Å². The van der Waals surface area contributed by atoms with E-state index in [1.54, 1.807) is 7.11 Å². The second-order valence-corrected chi connectivity index (χ2v) is 7.44. The van der Waals surface area contributed by atoms with Gasteiger partial charge in [-0.1, -0.05) is 30.3 Å². The van der Waals surface area contributed by atoms with Gasteiger partial charge in [0.1, 0.15) is 11.3 Å². The lowest BCUT2D eigenvalue weighted by molar-refractivity contribution is 0.414. The Morgan fingerprint density at radius 3 is 2.48 bits per heavy atom. The molecule has 3 aromatic carbocycles. The monoisotopic (exact) mass is 409 g/mol. The molecule has 5 rings (SSSR count). The van der Waals surface area contributed by atoms with Crippen LogP contribution >= 0.6 is 0 Å². The summed E-state index contributed by atoms with van der Waals surface area (Å²) in [7, 11) is 3.62. The normalized spacial score (nSPS) is 11.1. The van der Waals surface area contributed by atoms with Gasteiger partial charge in [-0.25, -0.2) is 4.68 Å². The average Bonchev–Trinajstić information content (AvgIpc) is 3.38. The number of nitrogens with zero attached hydrogens (tertiary/aromatic N) is 4. The fourth-order valence-electron chi connectivity index (χ4n) is 3.86. The number of hydrogen-bond donors (Lipinski definition) is 1. The van der Waals surface area contributed by atoms with Gasteiger partial charge in [0.15, 0.2) is 0 Å². The quantitative estimate of drug-likeness (QED) is 0.417. The molecule has 0 aliphatic carbocycles. The minimum absolute atomic E-state index is 0.809. The van der Waals surface area contributed by atoms with Gasteiger partial charge >= 0.3 is 0 Å². The fraction of sp³-hybridized carbons (Fsp3) is 0.120. The molecule has 0 bridgehead atoms. The summed E-state index contributed by atoms with van der Waals surface area (Å²) in [6.45, 7) is 2.08. The Morgan fingerprint density at radius 2 is 1.74 bits per heavy atom. The highest BCUT2D eigenvalue weighted by Crippen LogP contribution is 2.30. The number of benzene rings is 3. The zero-order chi connectivity index (χ0) is 21.4. The van der Waals surface area contributed by atoms with Crippen molar-refractivity contribution >= 4 is 22.3 Å². The van der Waals surface area contributed by atoms with Crippen LogP contribution in [-0.4, -0.2) is 26.7 Å². The highest BCUT2D eigenvalue weighted by molar-refractivity contribution is 5.94. The predicted octanol–water partition coefficient (Wildman–Crippen LogP) is 5.49. The Hall–Kier alpha value is -4.06. The van der Waals surface area contributed by atoms with Gasteiger partial charge in [-0.2, -0.15) is 10.2 Å². The minimum atomic E-state index is 0.809. The van der Waals surface area contributed by atoms with E-state index in [1.165, 1.54) is 0 Å². The van der Waals surface area contributed by atoms with Crippen LogP contribution in [0.25, 0.3) is 27.8 Å². The smallest absolute Gasteiger partial charge is 0.121 e. The van der Waals surface area contributed by atoms with E-state index in [2.05, 4.69) is 59.8 Å². The highest BCUT2D eigenvalue weighted by atomic mass is 16.5. The predicted molar refractivity (Wildman–Crippen MR) is 124 cm³/mol. The largest absolute Gasteiger partial charge is 0.497 e. The maximum atomic E-state index is 5.38. The molecule has 0 fully saturated rings. The van der Waals surface area contributed by atoms with Crippen LogP contribution in [-0.2, 0) is 7.05 Å². The zero-order valence-corrected chi connectivity index (χ0v) is 17.7. The van der Waals surface area contributed by atoms with Gasteiger partial charge in [-0.05, 0) is 48.9 Å². The van der Waals surface area contributed by atoms with Gasteiger partial charge in [-0.3, -0.25) is 4.68 Å². The molecule has 0 unspecified atom stereocenters. The first kappa shape index (κ1) is 18.9. The van der Waals surface area contributed by atoms with Gasteiger partial charge in [0.25, 0.3) is 0 Å². The molecule has 0 radical (unpaired) electrons. The van der Waals surface area contributed by atoms with Crippen LogP contribution < -0.4 is 10.1 Å². The summed E-state index contributed by atoms with van der Waals surface area (Å²) >= 11 is 0. The summed E-state index contributed by atoms with van der Waals surface area (Å²) < 4.78 is 9.21. The molecule has 6 heteroatoms. The second kappa shape index (κ2) is 7.65. The first-order chi connectivity index (χ1) is 15.1. The molecule has 2 aromatic heterocycles. The van der Waals surface area contributed by atoms with Crippen molar-refractivity contribution in [2.24, 2.45) is 7.05 Å². The van der Waals surface area contributed by atoms with Crippen LogP contribution in [0.3, 0.4) is 0 Å². The van der Waals surface area contributed by atoms with E-state index >= 15 is 0 Å². The minimum Gasteiger partial charge on any atom is -0.497 e. The van der Waals surface area contributed by atoms with E-state index in [-0.39, 0.29) is 0 Å². The Morgan fingerprint density at radius 1 is 0.935 bits per heavy atom. The number of anilines is 2. The molecule has 0 spiro atoms. The number of fused-ring (bicyclic) bond motifs is 1. The number of nitrogens with one attached hydrogen (secondary N) is 1. The van der Waals surface area contributed by atoms with Gasteiger partial charge in [0, 0.05) is 36.1 Å². The summed E-state index contributed by atoms with van der Waals surface area (Å²) in [5.74, 6) is 0.809. The third-order valence-electron chi connectivity index (χ3n) is 5.52. The third-order valence-corrected chi connectivity index (χ3v) is 5.52. The lowest BCUT2D eigenvalue weighted by Crippen LogP contribution is -1.99. The molecule has 0 aliphatic heterocycles. The van der Waals surface area contributed by atoms with Gasteiger partial charge in [0.2, 0.25) is 0 Å². The summed E-state index contributed by atoms with van der Waals surface area (Å²) in [6.07, 6.45) is 1.81. The molecule has 6 nitrogen and oxygen atoms in total. The average molecular weight is 409 g/mol. The molecule has 5 aromatic rings. The van der Waals surface area contributed by atoms with Crippen LogP contribution in [0.1, 0.15) is 5.69 Å². The summed E-state index contributed by atoms with van der Waals surface area (Å²) in [5, 5.41) is 13.8. The van der Waals surface area contributed by atoms with E-state index < -0.39 is 0 Å². The molecular formula is C25H23N5O. The number of rotatable bonds is 5. The van der Waals surface area contributed by atoms with Crippen molar-refractivity contribution in [1.29, 1.82) is 0 Å². The number of aryl methyl sites for hydroxylation is 2. The Bertz CT molecular complexity index is 1360. The maximum absolute atomic E-state index is 5.38. The SMILES string of the molecule is COc1cccc(-n2nc3c(Nc4ccc(-c5ccnn5C)cc4)cccc3c2C)c1. The van der Waals surface area contributed by atoms with E-state index in [0.717, 1.165) is 50.7 Å². The van der Waals surface area contributed by atoms with E-state index in [0.29, 0.717) is 0 Å². The van der Waals surface area contributed by atoms with Gasteiger partial charge < -0.3 is 10.1 Å². The lowest BCUT2D eigenvalue weighted by Gasteiger charge is -2.08. The van der Waals surface area contributed by atoms with Gasteiger partial charge in [0.05, 0.1) is 24.2 Å². The molecule has 0 saturated carbocycles. The first-order valence-corrected chi connectivity index (χ1v) is 10.1.